The summed E-state index contributed by atoms with van der Waals surface area (Å²) in [4.78, 5) is 0. The molecule has 0 bridgehead atoms. The minimum Gasteiger partial charge on any atom is -0.491 e. The number of alkyl halides is 3. The molecule has 148 valence electrons. The van der Waals surface area contributed by atoms with Crippen LogP contribution in [-0.2, 0) is 10.9 Å². The first-order valence-corrected chi connectivity index (χ1v) is 9.10. The number of nitrogens with one attached hydrogen (secondary N) is 1. The molecule has 6 heteroatoms. The third-order valence-electron chi connectivity index (χ3n) is 4.68. The molecular weight excluding hydrogens is 353 g/mol. The van der Waals surface area contributed by atoms with Crippen LogP contribution in [0.2, 0.25) is 0 Å². The van der Waals surface area contributed by atoms with E-state index in [0.717, 1.165) is 43.1 Å². The van der Waals surface area contributed by atoms with Crippen molar-refractivity contribution in [3.8, 4) is 0 Å². The number of nitrogen functional groups attached to an aromatic ring is 1. The van der Waals surface area contributed by atoms with Gasteiger partial charge in [0, 0.05) is 17.4 Å². The predicted molar refractivity (Wildman–Crippen MR) is 104 cm³/mol. The van der Waals surface area contributed by atoms with E-state index in [0.29, 0.717) is 5.69 Å². The Morgan fingerprint density at radius 2 is 1.93 bits per heavy atom. The van der Waals surface area contributed by atoms with Crippen LogP contribution in [0.5, 0.6) is 0 Å². The number of rotatable bonds is 6. The number of nitrogens with two attached hydrogens (primary N) is 1. The number of hydrogen-bond acceptors (Lipinski definition) is 3. The van der Waals surface area contributed by atoms with Crippen molar-refractivity contribution in [2.75, 3.05) is 11.1 Å². The standard InChI is InChI=1S/C21H27F3N2O/c1-4-14(3)12-17(5-2)27-18-9-6-15(7-10-18)26-16-8-11-20(25)19(13-16)21(22,23)24/h4-5,8,11-13,15,18,26H,1,6-7,9-10,25H2,2-3H3/b14-12-,17-5+. The molecule has 1 aliphatic carbocycles. The fourth-order valence-electron chi connectivity index (χ4n) is 3.11. The summed E-state index contributed by atoms with van der Waals surface area (Å²) in [6.07, 6.45) is 4.65. The van der Waals surface area contributed by atoms with Crippen LogP contribution >= 0.6 is 0 Å². The molecule has 3 nitrogen and oxygen atoms in total. The number of halogens is 3. The molecule has 0 aromatic heterocycles. The average Bonchev–Trinajstić information content (AvgIpc) is 2.63. The van der Waals surface area contributed by atoms with Gasteiger partial charge in [-0.2, -0.15) is 13.2 Å². The van der Waals surface area contributed by atoms with Crippen LogP contribution in [-0.4, -0.2) is 12.1 Å². The van der Waals surface area contributed by atoms with Crippen molar-refractivity contribution in [2.24, 2.45) is 0 Å². The average molecular weight is 380 g/mol. The maximum Gasteiger partial charge on any atom is 0.418 e. The van der Waals surface area contributed by atoms with E-state index in [1.165, 1.54) is 6.07 Å². The first-order chi connectivity index (χ1) is 12.7. The molecule has 1 fully saturated rings. The zero-order valence-electron chi connectivity index (χ0n) is 15.8. The van der Waals surface area contributed by atoms with Crippen molar-refractivity contribution in [3.05, 3.63) is 59.9 Å². The Bertz CT molecular complexity index is 715. The first-order valence-electron chi connectivity index (χ1n) is 9.10. The third-order valence-corrected chi connectivity index (χ3v) is 4.68. The van der Waals surface area contributed by atoms with Crippen molar-refractivity contribution in [3.63, 3.8) is 0 Å². The summed E-state index contributed by atoms with van der Waals surface area (Å²) >= 11 is 0. The highest BCUT2D eigenvalue weighted by atomic mass is 19.4. The van der Waals surface area contributed by atoms with Gasteiger partial charge in [0.15, 0.2) is 0 Å². The molecule has 2 rings (SSSR count). The SMILES string of the molecule is C=C/C(C)=C\C(=C/C)OC1CCC(Nc2ccc(N)c(C(F)(F)F)c2)CC1. The molecule has 0 amide bonds. The summed E-state index contributed by atoms with van der Waals surface area (Å²) in [6.45, 7) is 7.62. The lowest BCUT2D eigenvalue weighted by Gasteiger charge is -2.30. The van der Waals surface area contributed by atoms with Gasteiger partial charge in [-0.05, 0) is 75.5 Å². The van der Waals surface area contributed by atoms with Crippen LogP contribution in [0.1, 0.15) is 45.1 Å². The van der Waals surface area contributed by atoms with Gasteiger partial charge in [-0.25, -0.2) is 0 Å². The van der Waals surface area contributed by atoms with Gasteiger partial charge in [0.1, 0.15) is 5.76 Å². The minimum atomic E-state index is -4.45. The van der Waals surface area contributed by atoms with Crippen molar-refractivity contribution in [1.29, 1.82) is 0 Å². The minimum absolute atomic E-state index is 0.111. The van der Waals surface area contributed by atoms with Gasteiger partial charge in [-0.1, -0.05) is 12.7 Å². The van der Waals surface area contributed by atoms with Crippen molar-refractivity contribution >= 4 is 11.4 Å². The Morgan fingerprint density at radius 1 is 1.26 bits per heavy atom. The topological polar surface area (TPSA) is 47.3 Å². The van der Waals surface area contributed by atoms with Gasteiger partial charge in [0.2, 0.25) is 0 Å². The maximum atomic E-state index is 13.0. The van der Waals surface area contributed by atoms with E-state index >= 15 is 0 Å². The molecule has 1 saturated carbocycles. The molecule has 0 heterocycles. The van der Waals surface area contributed by atoms with Gasteiger partial charge in [-0.15, -0.1) is 0 Å². The molecule has 0 saturated heterocycles. The summed E-state index contributed by atoms with van der Waals surface area (Å²) in [5.41, 5.74) is 5.87. The van der Waals surface area contributed by atoms with Gasteiger partial charge in [0.25, 0.3) is 0 Å². The highest BCUT2D eigenvalue weighted by molar-refractivity contribution is 5.58. The summed E-state index contributed by atoms with van der Waals surface area (Å²) in [6, 6.07) is 4.09. The van der Waals surface area contributed by atoms with E-state index in [4.69, 9.17) is 10.5 Å². The third kappa shape index (κ3) is 6.08. The Kier molecular flexibility index (Phi) is 6.99. The molecule has 1 aliphatic rings. The van der Waals surface area contributed by atoms with Gasteiger partial charge < -0.3 is 15.8 Å². The first kappa shape index (κ1) is 20.9. The second kappa shape index (κ2) is 9.02. The number of benzene rings is 1. The second-order valence-electron chi connectivity index (χ2n) is 6.82. The summed E-state index contributed by atoms with van der Waals surface area (Å²) in [5.74, 6) is 0.817. The van der Waals surface area contributed by atoms with E-state index < -0.39 is 11.7 Å². The lowest BCUT2D eigenvalue weighted by Crippen LogP contribution is -2.29. The molecular formula is C21H27F3N2O. The molecule has 3 N–H and O–H groups in total. The molecule has 0 aliphatic heterocycles. The fraction of sp³-hybridized carbons (Fsp3) is 0.429. The van der Waals surface area contributed by atoms with Crippen molar-refractivity contribution in [1.82, 2.24) is 0 Å². The predicted octanol–water partition coefficient (Wildman–Crippen LogP) is 6.06. The lowest BCUT2D eigenvalue weighted by molar-refractivity contribution is -0.136. The molecule has 0 atom stereocenters. The Labute approximate surface area is 158 Å². The van der Waals surface area contributed by atoms with E-state index in [-0.39, 0.29) is 17.8 Å². The van der Waals surface area contributed by atoms with Crippen LogP contribution in [0, 0.1) is 0 Å². The summed E-state index contributed by atoms with van der Waals surface area (Å²) in [7, 11) is 0. The molecule has 0 unspecified atom stereocenters. The highest BCUT2D eigenvalue weighted by Crippen LogP contribution is 2.36. The van der Waals surface area contributed by atoms with Crippen LogP contribution in [0.15, 0.2) is 54.3 Å². The van der Waals surface area contributed by atoms with Crippen molar-refractivity contribution < 1.29 is 17.9 Å². The van der Waals surface area contributed by atoms with Crippen LogP contribution < -0.4 is 11.1 Å². The monoisotopic (exact) mass is 380 g/mol. The van der Waals surface area contributed by atoms with Crippen LogP contribution in [0.25, 0.3) is 0 Å². The molecule has 0 radical (unpaired) electrons. The Morgan fingerprint density at radius 3 is 2.48 bits per heavy atom. The molecule has 27 heavy (non-hydrogen) atoms. The van der Waals surface area contributed by atoms with Crippen LogP contribution in [0.3, 0.4) is 0 Å². The summed E-state index contributed by atoms with van der Waals surface area (Å²) in [5, 5.41) is 3.20. The second-order valence-corrected chi connectivity index (χ2v) is 6.82. The van der Waals surface area contributed by atoms with Crippen molar-refractivity contribution in [2.45, 2.75) is 57.9 Å². The number of hydrogen-bond donors (Lipinski definition) is 2. The summed E-state index contributed by atoms with van der Waals surface area (Å²) < 4.78 is 45.0. The van der Waals surface area contributed by atoms with Crippen LogP contribution in [0.4, 0.5) is 24.5 Å². The van der Waals surface area contributed by atoms with Gasteiger partial charge in [0.05, 0.1) is 11.7 Å². The Balaban J connectivity index is 1.92. The lowest BCUT2D eigenvalue weighted by atomic mass is 9.92. The Hall–Kier alpha value is -2.37. The zero-order chi connectivity index (χ0) is 20.0. The zero-order valence-corrected chi connectivity index (χ0v) is 15.8. The molecule has 1 aromatic rings. The van der Waals surface area contributed by atoms with E-state index in [9.17, 15) is 13.2 Å². The molecule has 1 aromatic carbocycles. The number of ether oxygens (including phenoxy) is 1. The molecule has 0 spiro atoms. The van der Waals surface area contributed by atoms with E-state index in [1.54, 1.807) is 12.1 Å². The number of allylic oxidation sites excluding steroid dienone is 4. The smallest absolute Gasteiger partial charge is 0.418 e. The normalized spacial score (nSPS) is 21.7. The number of anilines is 2. The highest BCUT2D eigenvalue weighted by Gasteiger charge is 2.33. The van der Waals surface area contributed by atoms with E-state index in [1.807, 2.05) is 26.0 Å². The maximum absolute atomic E-state index is 13.0. The fourth-order valence-corrected chi connectivity index (χ4v) is 3.11. The largest absolute Gasteiger partial charge is 0.491 e. The van der Waals surface area contributed by atoms with E-state index in [2.05, 4.69) is 11.9 Å². The van der Waals surface area contributed by atoms with Gasteiger partial charge in [-0.3, -0.25) is 0 Å². The van der Waals surface area contributed by atoms with Gasteiger partial charge >= 0.3 is 6.18 Å². The quantitative estimate of drug-likeness (QED) is 0.358.